The maximum Gasteiger partial charge on any atom is 0.490 e. The molecule has 0 aromatic heterocycles. The SMILES string of the molecule is O=C(CO)N1CC2(CNC2)C1.O=C(O)C(F)(F)F. The molecule has 2 saturated heterocycles. The van der Waals surface area contributed by atoms with E-state index in [2.05, 4.69) is 5.32 Å². The summed E-state index contributed by atoms with van der Waals surface area (Å²) in [5.74, 6) is -2.89. The summed E-state index contributed by atoms with van der Waals surface area (Å²) >= 11 is 0. The lowest BCUT2D eigenvalue weighted by molar-refractivity contribution is -0.192. The van der Waals surface area contributed by atoms with Crippen LogP contribution in [0.3, 0.4) is 0 Å². The van der Waals surface area contributed by atoms with Gasteiger partial charge in [-0.2, -0.15) is 13.2 Å². The van der Waals surface area contributed by atoms with Crippen LogP contribution in [-0.4, -0.2) is 66.0 Å². The fourth-order valence-electron chi connectivity index (χ4n) is 1.74. The first kappa shape index (κ1) is 14.7. The second-order valence-electron chi connectivity index (χ2n) is 4.31. The van der Waals surface area contributed by atoms with Crippen molar-refractivity contribution in [1.82, 2.24) is 10.2 Å². The quantitative estimate of drug-likeness (QED) is 0.571. The number of carbonyl (C=O) groups is 2. The van der Waals surface area contributed by atoms with Crippen molar-refractivity contribution in [1.29, 1.82) is 0 Å². The van der Waals surface area contributed by atoms with Gasteiger partial charge in [0.2, 0.25) is 5.91 Å². The number of nitrogens with zero attached hydrogens (tertiary/aromatic N) is 1. The Kier molecular flexibility index (Phi) is 4.17. The predicted molar refractivity (Wildman–Crippen MR) is 52.7 cm³/mol. The molecule has 2 fully saturated rings. The maximum atomic E-state index is 10.9. The topological polar surface area (TPSA) is 89.9 Å². The van der Waals surface area contributed by atoms with Crippen LogP contribution in [0, 0.1) is 5.41 Å². The average Bonchev–Trinajstić information content (AvgIpc) is 2.12. The van der Waals surface area contributed by atoms with Crippen LogP contribution in [0.1, 0.15) is 0 Å². The Labute approximate surface area is 100 Å². The number of halogens is 3. The van der Waals surface area contributed by atoms with E-state index >= 15 is 0 Å². The molecule has 1 amide bonds. The fourth-order valence-corrected chi connectivity index (χ4v) is 1.74. The van der Waals surface area contributed by atoms with Crippen molar-refractivity contribution in [2.75, 3.05) is 32.8 Å². The lowest BCUT2D eigenvalue weighted by atomic mass is 9.74. The minimum atomic E-state index is -5.08. The summed E-state index contributed by atoms with van der Waals surface area (Å²) in [4.78, 5) is 21.5. The van der Waals surface area contributed by atoms with Gasteiger partial charge in [0.25, 0.3) is 0 Å². The van der Waals surface area contributed by atoms with E-state index in [4.69, 9.17) is 15.0 Å². The number of carboxylic acids is 1. The van der Waals surface area contributed by atoms with Gasteiger partial charge in [0, 0.05) is 31.6 Å². The number of alkyl halides is 3. The molecule has 2 aliphatic heterocycles. The molecule has 6 nitrogen and oxygen atoms in total. The van der Waals surface area contributed by atoms with E-state index in [1.54, 1.807) is 4.90 Å². The summed E-state index contributed by atoms with van der Waals surface area (Å²) in [6.45, 7) is 3.38. The van der Waals surface area contributed by atoms with Crippen molar-refractivity contribution < 1.29 is 33.0 Å². The number of aliphatic hydroxyl groups is 1. The number of amides is 1. The van der Waals surface area contributed by atoms with Crippen molar-refractivity contribution >= 4 is 11.9 Å². The first-order valence-corrected chi connectivity index (χ1v) is 5.10. The summed E-state index contributed by atoms with van der Waals surface area (Å²) in [5.41, 5.74) is 0.380. The molecule has 2 aliphatic rings. The van der Waals surface area contributed by atoms with E-state index in [0.29, 0.717) is 5.41 Å². The lowest BCUT2D eigenvalue weighted by Crippen LogP contribution is -2.72. The van der Waals surface area contributed by atoms with Crippen molar-refractivity contribution in [3.05, 3.63) is 0 Å². The van der Waals surface area contributed by atoms with Crippen LogP contribution >= 0.6 is 0 Å². The van der Waals surface area contributed by atoms with Gasteiger partial charge < -0.3 is 20.4 Å². The van der Waals surface area contributed by atoms with Gasteiger partial charge in [-0.3, -0.25) is 4.79 Å². The van der Waals surface area contributed by atoms with E-state index in [1.807, 2.05) is 0 Å². The van der Waals surface area contributed by atoms with E-state index in [0.717, 1.165) is 26.2 Å². The number of hydrogen-bond acceptors (Lipinski definition) is 4. The fraction of sp³-hybridized carbons (Fsp3) is 0.778. The van der Waals surface area contributed by atoms with E-state index in [1.165, 1.54) is 0 Å². The normalized spacial score (nSPS) is 20.3. The molecule has 0 atom stereocenters. The number of rotatable bonds is 1. The zero-order valence-corrected chi connectivity index (χ0v) is 9.33. The Morgan fingerprint density at radius 3 is 1.94 bits per heavy atom. The third-order valence-corrected chi connectivity index (χ3v) is 2.78. The highest BCUT2D eigenvalue weighted by Gasteiger charge is 2.48. The monoisotopic (exact) mass is 270 g/mol. The van der Waals surface area contributed by atoms with Crippen molar-refractivity contribution in [3.63, 3.8) is 0 Å². The molecular weight excluding hydrogens is 257 g/mol. The molecule has 1 spiro atoms. The van der Waals surface area contributed by atoms with Gasteiger partial charge in [0.1, 0.15) is 6.61 Å². The van der Waals surface area contributed by atoms with Gasteiger partial charge >= 0.3 is 12.1 Å². The second kappa shape index (κ2) is 5.11. The van der Waals surface area contributed by atoms with Crippen LogP contribution in [0.15, 0.2) is 0 Å². The number of carbonyl (C=O) groups excluding carboxylic acids is 1. The molecule has 0 saturated carbocycles. The van der Waals surface area contributed by atoms with Gasteiger partial charge in [0.05, 0.1) is 0 Å². The molecule has 0 aromatic rings. The van der Waals surface area contributed by atoms with Crippen LogP contribution in [0.5, 0.6) is 0 Å². The van der Waals surface area contributed by atoms with Gasteiger partial charge in [-0.15, -0.1) is 0 Å². The minimum Gasteiger partial charge on any atom is -0.475 e. The lowest BCUT2D eigenvalue weighted by Gasteiger charge is -2.55. The Hall–Kier alpha value is -1.35. The molecule has 2 rings (SSSR count). The zero-order chi connectivity index (χ0) is 14.0. The van der Waals surface area contributed by atoms with Crippen LogP contribution in [-0.2, 0) is 9.59 Å². The van der Waals surface area contributed by atoms with Crippen LogP contribution in [0.25, 0.3) is 0 Å². The van der Waals surface area contributed by atoms with Gasteiger partial charge in [-0.1, -0.05) is 0 Å². The highest BCUT2D eigenvalue weighted by atomic mass is 19.4. The molecule has 0 radical (unpaired) electrons. The Morgan fingerprint density at radius 2 is 1.72 bits per heavy atom. The van der Waals surface area contributed by atoms with E-state index < -0.39 is 12.1 Å². The molecule has 3 N–H and O–H groups in total. The van der Waals surface area contributed by atoms with Gasteiger partial charge in [-0.05, 0) is 0 Å². The number of nitrogens with one attached hydrogen (secondary N) is 1. The van der Waals surface area contributed by atoms with E-state index in [-0.39, 0.29) is 12.5 Å². The number of carboxylic acid groups (broad SMARTS) is 1. The predicted octanol–water partition coefficient (Wildman–Crippen LogP) is -0.956. The van der Waals surface area contributed by atoms with Gasteiger partial charge in [-0.25, -0.2) is 4.79 Å². The van der Waals surface area contributed by atoms with Crippen molar-refractivity contribution in [2.24, 2.45) is 5.41 Å². The third-order valence-electron chi connectivity index (χ3n) is 2.78. The first-order chi connectivity index (χ1) is 8.20. The minimum absolute atomic E-state index is 0.137. The van der Waals surface area contributed by atoms with Gasteiger partial charge in [0.15, 0.2) is 0 Å². The average molecular weight is 270 g/mol. The second-order valence-corrected chi connectivity index (χ2v) is 4.31. The molecule has 0 bridgehead atoms. The van der Waals surface area contributed by atoms with Crippen molar-refractivity contribution in [2.45, 2.75) is 6.18 Å². The molecule has 104 valence electrons. The Bertz CT molecular complexity index is 333. The van der Waals surface area contributed by atoms with Crippen LogP contribution < -0.4 is 5.32 Å². The smallest absolute Gasteiger partial charge is 0.475 e. The zero-order valence-electron chi connectivity index (χ0n) is 9.33. The number of aliphatic carboxylic acids is 1. The number of hydrogen-bond donors (Lipinski definition) is 3. The molecule has 18 heavy (non-hydrogen) atoms. The summed E-state index contributed by atoms with van der Waals surface area (Å²) in [5, 5.41) is 18.8. The number of aliphatic hydroxyl groups excluding tert-OH is 1. The molecule has 0 unspecified atom stereocenters. The standard InChI is InChI=1S/C7H12N2O2.C2HF3O2/c10-1-6(11)9-4-7(5-9)2-8-3-7;3-2(4,5)1(6)7/h8,10H,1-5H2;(H,6,7). The highest BCUT2D eigenvalue weighted by molar-refractivity contribution is 5.78. The molecule has 2 heterocycles. The molecule has 9 heteroatoms. The molecular formula is C9H13F3N2O4. The van der Waals surface area contributed by atoms with Crippen LogP contribution in [0.2, 0.25) is 0 Å². The third kappa shape index (κ3) is 3.33. The molecule has 0 aliphatic carbocycles. The largest absolute Gasteiger partial charge is 0.490 e. The Balaban J connectivity index is 0.000000203. The maximum absolute atomic E-state index is 10.9. The Morgan fingerprint density at radius 1 is 1.28 bits per heavy atom. The summed E-state index contributed by atoms with van der Waals surface area (Å²) < 4.78 is 31.7. The summed E-state index contributed by atoms with van der Waals surface area (Å²) in [6.07, 6.45) is -5.08. The van der Waals surface area contributed by atoms with Crippen LogP contribution in [0.4, 0.5) is 13.2 Å². The van der Waals surface area contributed by atoms with Crippen molar-refractivity contribution in [3.8, 4) is 0 Å². The summed E-state index contributed by atoms with van der Waals surface area (Å²) in [7, 11) is 0. The highest BCUT2D eigenvalue weighted by Crippen LogP contribution is 2.33. The number of likely N-dealkylation sites (tertiary alicyclic amines) is 1. The first-order valence-electron chi connectivity index (χ1n) is 5.10. The molecule has 0 aromatic carbocycles. The van der Waals surface area contributed by atoms with E-state index in [9.17, 15) is 18.0 Å². The summed E-state index contributed by atoms with van der Waals surface area (Å²) in [6, 6.07) is 0.